The molecule has 0 saturated carbocycles. The van der Waals surface area contributed by atoms with Crippen LogP contribution in [-0.4, -0.2) is 80.6 Å². The van der Waals surface area contributed by atoms with Crippen molar-refractivity contribution in [1.82, 2.24) is 0 Å². The summed E-state index contributed by atoms with van der Waals surface area (Å²) in [6.45, 7) is 4.58. The number of aliphatic carboxylic acids is 1. The first-order valence-corrected chi connectivity index (χ1v) is 23.0. The molecule has 2 unspecified atom stereocenters. The van der Waals surface area contributed by atoms with Gasteiger partial charge in [-0.25, -0.2) is 4.79 Å². The Kier molecular flexibility index (Phi) is 38.3. The van der Waals surface area contributed by atoms with Gasteiger partial charge in [-0.15, -0.1) is 0 Å². The van der Waals surface area contributed by atoms with Crippen LogP contribution in [0.2, 0.25) is 0 Å². The maximum absolute atomic E-state index is 12.7. The molecule has 58 heavy (non-hydrogen) atoms. The Morgan fingerprint density at radius 1 is 0.534 bits per heavy atom. The SMILES string of the molecule is CC/C=C/C/C=C/C/C=C/C/C=C/C/C=C/C/C=C/CCCCCCC(=O)OC(COCCC(C(=O)O)[N+](C)(C)C)COC(=O)CCCCCCCCCCCCC. The summed E-state index contributed by atoms with van der Waals surface area (Å²) in [4.78, 5) is 37.0. The highest BCUT2D eigenvalue weighted by Crippen LogP contribution is 2.14. The van der Waals surface area contributed by atoms with Crippen LogP contribution in [0.5, 0.6) is 0 Å². The molecule has 2 atom stereocenters. The smallest absolute Gasteiger partial charge is 0.362 e. The zero-order valence-corrected chi connectivity index (χ0v) is 37.7. The van der Waals surface area contributed by atoms with Gasteiger partial charge in [0.1, 0.15) is 6.61 Å². The molecule has 0 aliphatic carbocycles. The average molecular weight is 813 g/mol. The number of carboxylic acids is 1. The zero-order chi connectivity index (χ0) is 42.8. The predicted molar refractivity (Wildman–Crippen MR) is 243 cm³/mol. The number of esters is 2. The second kappa shape index (κ2) is 40.5. The molecule has 8 heteroatoms. The summed E-state index contributed by atoms with van der Waals surface area (Å²) in [7, 11) is 5.51. The van der Waals surface area contributed by atoms with E-state index in [2.05, 4.69) is 86.8 Å². The van der Waals surface area contributed by atoms with Crippen LogP contribution < -0.4 is 0 Å². The molecule has 0 aromatic heterocycles. The van der Waals surface area contributed by atoms with Crippen molar-refractivity contribution in [2.75, 3.05) is 41.0 Å². The van der Waals surface area contributed by atoms with E-state index in [9.17, 15) is 19.5 Å². The molecule has 0 aromatic rings. The van der Waals surface area contributed by atoms with Crippen LogP contribution in [0.25, 0.3) is 0 Å². The number of rotatable bonds is 40. The summed E-state index contributed by atoms with van der Waals surface area (Å²) in [5.41, 5.74) is 0. The van der Waals surface area contributed by atoms with E-state index in [-0.39, 0.29) is 36.2 Å². The summed E-state index contributed by atoms with van der Waals surface area (Å²) >= 11 is 0. The average Bonchev–Trinajstić information content (AvgIpc) is 3.18. The maximum atomic E-state index is 12.7. The fraction of sp³-hybridized carbons (Fsp3) is 0.700. The Hall–Kier alpha value is -3.23. The van der Waals surface area contributed by atoms with Gasteiger partial charge in [-0.3, -0.25) is 9.59 Å². The maximum Gasteiger partial charge on any atom is 0.362 e. The molecule has 0 radical (unpaired) electrons. The molecule has 0 saturated heterocycles. The second-order valence-electron chi connectivity index (χ2n) is 16.3. The lowest BCUT2D eigenvalue weighted by molar-refractivity contribution is -0.887. The van der Waals surface area contributed by atoms with Crippen molar-refractivity contribution >= 4 is 17.9 Å². The number of hydrogen-bond donors (Lipinski definition) is 1. The number of carbonyl (C=O) groups excluding carboxylic acids is 2. The third-order valence-corrected chi connectivity index (χ3v) is 9.87. The van der Waals surface area contributed by atoms with E-state index in [0.29, 0.717) is 19.3 Å². The largest absolute Gasteiger partial charge is 0.477 e. The van der Waals surface area contributed by atoms with E-state index in [4.69, 9.17) is 14.2 Å². The van der Waals surface area contributed by atoms with Crippen LogP contribution in [-0.2, 0) is 28.6 Å². The Balaban J connectivity index is 4.35. The van der Waals surface area contributed by atoms with Crippen LogP contribution in [0.4, 0.5) is 0 Å². The number of quaternary nitrogens is 1. The van der Waals surface area contributed by atoms with E-state index in [1.807, 2.05) is 21.1 Å². The fourth-order valence-electron chi connectivity index (χ4n) is 6.33. The Morgan fingerprint density at radius 3 is 1.43 bits per heavy atom. The van der Waals surface area contributed by atoms with Gasteiger partial charge in [-0.1, -0.05) is 164 Å². The predicted octanol–water partition coefficient (Wildman–Crippen LogP) is 12.7. The Labute approximate surface area is 355 Å². The first kappa shape index (κ1) is 54.8. The van der Waals surface area contributed by atoms with Crippen molar-refractivity contribution < 1.29 is 38.2 Å². The van der Waals surface area contributed by atoms with Gasteiger partial charge in [-0.05, 0) is 64.2 Å². The number of unbranched alkanes of at least 4 members (excludes halogenated alkanes) is 14. The number of hydrogen-bond acceptors (Lipinski definition) is 6. The molecule has 0 heterocycles. The molecule has 0 rings (SSSR count). The highest BCUT2D eigenvalue weighted by molar-refractivity contribution is 5.72. The van der Waals surface area contributed by atoms with Gasteiger partial charge in [-0.2, -0.15) is 0 Å². The van der Waals surface area contributed by atoms with E-state index < -0.39 is 18.1 Å². The molecule has 0 aliphatic heterocycles. The van der Waals surface area contributed by atoms with Gasteiger partial charge in [0, 0.05) is 19.3 Å². The van der Waals surface area contributed by atoms with Crippen molar-refractivity contribution in [1.29, 1.82) is 0 Å². The lowest BCUT2D eigenvalue weighted by Crippen LogP contribution is -2.50. The van der Waals surface area contributed by atoms with Crippen molar-refractivity contribution in [3.63, 3.8) is 0 Å². The molecule has 0 amide bonds. The molecule has 8 nitrogen and oxygen atoms in total. The molecular weight excluding hydrogens is 727 g/mol. The van der Waals surface area contributed by atoms with Crippen molar-refractivity contribution in [3.05, 3.63) is 72.9 Å². The molecule has 332 valence electrons. The number of carboxylic acid groups (broad SMARTS) is 1. The van der Waals surface area contributed by atoms with Gasteiger partial charge >= 0.3 is 17.9 Å². The molecule has 0 bridgehead atoms. The number of carbonyl (C=O) groups is 3. The van der Waals surface area contributed by atoms with Crippen LogP contribution >= 0.6 is 0 Å². The summed E-state index contributed by atoms with van der Waals surface area (Å²) < 4.78 is 17.2. The van der Waals surface area contributed by atoms with Crippen molar-refractivity contribution in [2.45, 2.75) is 187 Å². The molecule has 0 aromatic carbocycles. The lowest BCUT2D eigenvalue weighted by atomic mass is 10.1. The van der Waals surface area contributed by atoms with Crippen molar-refractivity contribution in [2.24, 2.45) is 0 Å². The standard InChI is InChI=1S/C50H85NO7/c1-6-8-10-12-14-16-18-19-20-21-22-23-24-25-26-27-28-29-31-33-35-37-39-41-49(53)58-46(44-56-43-42-47(50(54)55)51(3,4)5)45-57-48(52)40-38-36-34-32-30-17-15-13-11-9-7-2/h8,10,14,16,19-20,22-23,25-26,28-29,46-47H,6-7,9,11-13,15,17-18,21,24,27,30-45H2,1-5H3/p+1/b10-8+,16-14+,20-19+,23-22+,26-25+,29-28+. The summed E-state index contributed by atoms with van der Waals surface area (Å²) in [5, 5.41) is 9.62. The summed E-state index contributed by atoms with van der Waals surface area (Å²) in [6.07, 6.45) is 50.9. The van der Waals surface area contributed by atoms with Gasteiger partial charge < -0.3 is 23.8 Å². The van der Waals surface area contributed by atoms with Gasteiger partial charge in [0.25, 0.3) is 0 Å². The highest BCUT2D eigenvalue weighted by atomic mass is 16.6. The number of allylic oxidation sites excluding steroid dienone is 12. The van der Waals surface area contributed by atoms with E-state index in [1.54, 1.807) is 0 Å². The lowest BCUT2D eigenvalue weighted by Gasteiger charge is -2.31. The zero-order valence-electron chi connectivity index (χ0n) is 37.7. The second-order valence-corrected chi connectivity index (χ2v) is 16.3. The first-order chi connectivity index (χ1) is 28.1. The Morgan fingerprint density at radius 2 is 0.966 bits per heavy atom. The van der Waals surface area contributed by atoms with Crippen LogP contribution in [0.1, 0.15) is 174 Å². The van der Waals surface area contributed by atoms with Gasteiger partial charge in [0.15, 0.2) is 12.1 Å². The Bertz CT molecular complexity index is 1180. The summed E-state index contributed by atoms with van der Waals surface area (Å²) in [5.74, 6) is -1.51. The normalized spacial score (nSPS) is 13.6. The van der Waals surface area contributed by atoms with E-state index >= 15 is 0 Å². The highest BCUT2D eigenvalue weighted by Gasteiger charge is 2.31. The molecular formula is C50H86NO7+. The third-order valence-electron chi connectivity index (χ3n) is 9.87. The fourth-order valence-corrected chi connectivity index (χ4v) is 6.33. The van der Waals surface area contributed by atoms with Crippen LogP contribution in [0.3, 0.4) is 0 Å². The molecule has 0 aliphatic rings. The van der Waals surface area contributed by atoms with Crippen LogP contribution in [0.15, 0.2) is 72.9 Å². The third kappa shape index (κ3) is 38.3. The van der Waals surface area contributed by atoms with Gasteiger partial charge in [0.05, 0.1) is 34.4 Å². The molecule has 0 fully saturated rings. The first-order valence-electron chi connectivity index (χ1n) is 23.0. The quantitative estimate of drug-likeness (QED) is 0.0285. The summed E-state index contributed by atoms with van der Waals surface area (Å²) in [6, 6.07) is -0.621. The molecule has 0 spiro atoms. The van der Waals surface area contributed by atoms with Gasteiger partial charge in [0.2, 0.25) is 0 Å². The molecule has 1 N–H and O–H groups in total. The van der Waals surface area contributed by atoms with Crippen molar-refractivity contribution in [3.8, 4) is 0 Å². The minimum atomic E-state index is -0.882. The number of ether oxygens (including phenoxy) is 3. The number of nitrogens with zero attached hydrogens (tertiary/aromatic N) is 1. The monoisotopic (exact) mass is 813 g/mol. The number of likely N-dealkylation sites (N-methyl/N-ethyl adjacent to an activating group) is 1. The van der Waals surface area contributed by atoms with Crippen LogP contribution in [0, 0.1) is 0 Å². The minimum Gasteiger partial charge on any atom is -0.477 e. The topological polar surface area (TPSA) is 99.1 Å². The minimum absolute atomic E-state index is 0.0485. The van der Waals surface area contributed by atoms with E-state index in [1.165, 1.54) is 51.4 Å². The van der Waals surface area contributed by atoms with E-state index in [0.717, 1.165) is 89.9 Å².